The maximum Gasteiger partial charge on any atom is 0.205 e. The normalized spacial score (nSPS) is 10.7. The Bertz CT molecular complexity index is 1360. The third-order valence-electron chi connectivity index (χ3n) is 4.70. The van der Waals surface area contributed by atoms with Crippen LogP contribution in [0.2, 0.25) is 5.02 Å². The van der Waals surface area contributed by atoms with Gasteiger partial charge in [0.05, 0.1) is 12.8 Å². The van der Waals surface area contributed by atoms with Crippen LogP contribution in [0.15, 0.2) is 48.5 Å². The second-order valence-electron chi connectivity index (χ2n) is 6.42. The Labute approximate surface area is 181 Å². The molecule has 148 valence electrons. The van der Waals surface area contributed by atoms with Crippen molar-refractivity contribution in [1.29, 1.82) is 5.26 Å². The smallest absolute Gasteiger partial charge is 0.205 e. The summed E-state index contributed by atoms with van der Waals surface area (Å²) >= 11 is 7.53. The number of nitriles is 1. The molecule has 4 aromatic rings. The van der Waals surface area contributed by atoms with Crippen LogP contribution in [0, 0.1) is 11.3 Å². The van der Waals surface area contributed by atoms with E-state index in [1.807, 2.05) is 0 Å². The van der Waals surface area contributed by atoms with Crippen LogP contribution in [0.4, 0.5) is 11.5 Å². The predicted molar refractivity (Wildman–Crippen MR) is 120 cm³/mol. The van der Waals surface area contributed by atoms with Crippen LogP contribution >= 0.6 is 22.9 Å². The quantitative estimate of drug-likeness (QED) is 0.442. The lowest BCUT2D eigenvalue weighted by Gasteiger charge is -2.11. The molecule has 0 amide bonds. The number of aromatic nitrogens is 1. The van der Waals surface area contributed by atoms with E-state index in [0.717, 1.165) is 11.3 Å². The summed E-state index contributed by atoms with van der Waals surface area (Å²) < 4.78 is 5.21. The lowest BCUT2D eigenvalue weighted by Crippen LogP contribution is -2.03. The first-order chi connectivity index (χ1) is 14.5. The zero-order valence-corrected chi connectivity index (χ0v) is 17.3. The van der Waals surface area contributed by atoms with Crippen molar-refractivity contribution >= 4 is 50.4 Å². The number of nitrogens with two attached hydrogens (primary N) is 2. The Balaban J connectivity index is 2.02. The second-order valence-corrected chi connectivity index (χ2v) is 7.83. The third kappa shape index (κ3) is 3.12. The number of fused-ring (bicyclic) bond motifs is 1. The van der Waals surface area contributed by atoms with Crippen LogP contribution < -0.4 is 16.2 Å². The molecule has 2 heterocycles. The first-order valence-corrected chi connectivity index (χ1v) is 10.0. The Morgan fingerprint density at radius 2 is 1.97 bits per heavy atom. The van der Waals surface area contributed by atoms with E-state index in [1.54, 1.807) is 48.5 Å². The topological polar surface area (TPSA) is 115 Å². The molecule has 0 atom stereocenters. The van der Waals surface area contributed by atoms with Crippen molar-refractivity contribution in [3.63, 3.8) is 0 Å². The van der Waals surface area contributed by atoms with Gasteiger partial charge in [-0.3, -0.25) is 4.79 Å². The van der Waals surface area contributed by atoms with Crippen LogP contribution in [-0.4, -0.2) is 17.9 Å². The number of anilines is 2. The molecule has 6 nitrogen and oxygen atoms in total. The third-order valence-corrected chi connectivity index (χ3v) is 6.13. The van der Waals surface area contributed by atoms with Crippen molar-refractivity contribution in [2.75, 3.05) is 18.6 Å². The fourth-order valence-electron chi connectivity index (χ4n) is 3.28. The van der Waals surface area contributed by atoms with E-state index >= 15 is 0 Å². The number of hydrogen-bond acceptors (Lipinski definition) is 7. The lowest BCUT2D eigenvalue weighted by atomic mass is 9.96. The molecule has 4 N–H and O–H groups in total. The van der Waals surface area contributed by atoms with E-state index < -0.39 is 0 Å². The number of nitrogens with zero attached hydrogens (tertiary/aromatic N) is 2. The highest BCUT2D eigenvalue weighted by molar-refractivity contribution is 7.21. The monoisotopic (exact) mass is 434 g/mol. The molecule has 0 aliphatic rings. The number of carbonyl (C=O) groups excluding carboxylic acids is 1. The average Bonchev–Trinajstić information content (AvgIpc) is 3.08. The van der Waals surface area contributed by atoms with E-state index in [4.69, 9.17) is 27.8 Å². The zero-order chi connectivity index (χ0) is 21.4. The summed E-state index contributed by atoms with van der Waals surface area (Å²) in [5.74, 6) is 0.351. The first kappa shape index (κ1) is 19.7. The molecule has 0 unspecified atom stereocenters. The number of rotatable bonds is 4. The van der Waals surface area contributed by atoms with E-state index in [2.05, 4.69) is 11.1 Å². The number of halogens is 1. The Morgan fingerprint density at radius 1 is 1.20 bits per heavy atom. The molecule has 0 aliphatic carbocycles. The summed E-state index contributed by atoms with van der Waals surface area (Å²) in [6.45, 7) is 0. The highest BCUT2D eigenvalue weighted by Gasteiger charge is 2.25. The largest absolute Gasteiger partial charge is 0.497 e. The van der Waals surface area contributed by atoms with E-state index in [-0.39, 0.29) is 22.9 Å². The van der Waals surface area contributed by atoms with Gasteiger partial charge < -0.3 is 16.2 Å². The number of methoxy groups -OCH3 is 1. The molecule has 0 saturated carbocycles. The van der Waals surface area contributed by atoms with Gasteiger partial charge in [0.15, 0.2) is 0 Å². The van der Waals surface area contributed by atoms with Crippen LogP contribution in [0.3, 0.4) is 0 Å². The van der Waals surface area contributed by atoms with Gasteiger partial charge in [-0.15, -0.1) is 11.3 Å². The molecule has 2 aromatic heterocycles. The molecule has 0 fully saturated rings. The van der Waals surface area contributed by atoms with Gasteiger partial charge in [-0.2, -0.15) is 5.26 Å². The van der Waals surface area contributed by atoms with E-state index in [9.17, 15) is 10.1 Å². The van der Waals surface area contributed by atoms with Gasteiger partial charge in [-0.1, -0.05) is 41.9 Å². The minimum absolute atomic E-state index is 0.0570. The standard InChI is InChI=1S/C22H15ClN4O2S/c1-29-12-6-4-5-11(9-12)19(28)20-18(25)17-16(13-7-2-3-8-15(13)23)14(10-24)21(26)27-22(17)30-20/h2-9H,25H2,1H3,(H2,26,27). The van der Waals surface area contributed by atoms with Gasteiger partial charge in [0.1, 0.15) is 32.9 Å². The van der Waals surface area contributed by atoms with Gasteiger partial charge in [0.2, 0.25) is 5.78 Å². The minimum atomic E-state index is -0.267. The highest BCUT2D eigenvalue weighted by atomic mass is 35.5. The SMILES string of the molecule is COc1cccc(C(=O)c2sc3nc(N)c(C#N)c(-c4ccccc4Cl)c3c2N)c1. The number of ether oxygens (including phenoxy) is 1. The van der Waals surface area contributed by atoms with Crippen molar-refractivity contribution in [1.82, 2.24) is 4.98 Å². The summed E-state index contributed by atoms with van der Waals surface area (Å²) in [6.07, 6.45) is 0. The molecular formula is C22H15ClN4O2S. The molecule has 4 rings (SSSR count). The van der Waals surface area contributed by atoms with Crippen LogP contribution in [0.25, 0.3) is 21.3 Å². The predicted octanol–water partition coefficient (Wildman–Crippen LogP) is 4.89. The lowest BCUT2D eigenvalue weighted by molar-refractivity contribution is 0.104. The van der Waals surface area contributed by atoms with Gasteiger partial charge in [0, 0.05) is 27.1 Å². The molecule has 0 saturated heterocycles. The molecule has 30 heavy (non-hydrogen) atoms. The Morgan fingerprint density at radius 3 is 2.67 bits per heavy atom. The zero-order valence-electron chi connectivity index (χ0n) is 15.8. The van der Waals surface area contributed by atoms with Crippen LogP contribution in [0.5, 0.6) is 5.75 Å². The first-order valence-electron chi connectivity index (χ1n) is 8.81. The molecular weight excluding hydrogens is 420 g/mol. The van der Waals surface area contributed by atoms with Gasteiger partial charge in [0.25, 0.3) is 0 Å². The summed E-state index contributed by atoms with van der Waals surface area (Å²) in [5, 5.41) is 10.7. The minimum Gasteiger partial charge on any atom is -0.497 e. The summed E-state index contributed by atoms with van der Waals surface area (Å²) in [7, 11) is 1.53. The number of pyridine rings is 1. The maximum atomic E-state index is 13.2. The van der Waals surface area contributed by atoms with Crippen molar-refractivity contribution in [3.8, 4) is 22.9 Å². The second kappa shape index (κ2) is 7.67. The fraction of sp³-hybridized carbons (Fsp3) is 0.0455. The summed E-state index contributed by atoms with van der Waals surface area (Å²) in [5.41, 5.74) is 14.4. The number of carbonyl (C=O) groups is 1. The number of hydrogen-bond donors (Lipinski definition) is 2. The Hall–Kier alpha value is -3.60. The fourth-order valence-corrected chi connectivity index (χ4v) is 4.58. The summed E-state index contributed by atoms with van der Waals surface area (Å²) in [4.78, 5) is 18.3. The number of nitrogen functional groups attached to an aromatic ring is 2. The van der Waals surface area contributed by atoms with Crippen molar-refractivity contribution in [2.45, 2.75) is 0 Å². The van der Waals surface area contributed by atoms with Gasteiger partial charge >= 0.3 is 0 Å². The molecule has 0 aliphatic heterocycles. The van der Waals surface area contributed by atoms with Crippen LogP contribution in [0.1, 0.15) is 20.8 Å². The number of ketones is 1. The highest BCUT2D eigenvalue weighted by Crippen LogP contribution is 2.44. The molecule has 8 heteroatoms. The molecule has 2 aromatic carbocycles. The van der Waals surface area contributed by atoms with E-state index in [1.165, 1.54) is 7.11 Å². The Kier molecular flexibility index (Phi) is 5.04. The van der Waals surface area contributed by atoms with Gasteiger partial charge in [-0.25, -0.2) is 4.98 Å². The van der Waals surface area contributed by atoms with Crippen molar-refractivity contribution < 1.29 is 9.53 Å². The van der Waals surface area contributed by atoms with Crippen molar-refractivity contribution in [3.05, 3.63) is 69.6 Å². The maximum absolute atomic E-state index is 13.2. The van der Waals surface area contributed by atoms with Crippen molar-refractivity contribution in [2.24, 2.45) is 0 Å². The summed E-state index contributed by atoms with van der Waals surface area (Å²) in [6, 6.07) is 16.0. The number of benzene rings is 2. The molecule has 0 radical (unpaired) electrons. The van der Waals surface area contributed by atoms with E-state index in [0.29, 0.717) is 42.6 Å². The van der Waals surface area contributed by atoms with Gasteiger partial charge in [-0.05, 0) is 18.2 Å². The number of thiophene rings is 1. The van der Waals surface area contributed by atoms with Crippen LogP contribution in [-0.2, 0) is 0 Å². The molecule has 0 bridgehead atoms. The molecule has 0 spiro atoms. The average molecular weight is 435 g/mol.